The van der Waals surface area contributed by atoms with Gasteiger partial charge in [-0.3, -0.25) is 0 Å². The molecule has 5 heteroatoms. The van der Waals surface area contributed by atoms with Crippen molar-refractivity contribution >= 4 is 11.2 Å². The first kappa shape index (κ1) is 13.4. The van der Waals surface area contributed by atoms with Gasteiger partial charge in [0, 0.05) is 18.3 Å². The molecule has 108 valence electrons. The van der Waals surface area contributed by atoms with Crippen LogP contribution in [0.4, 0.5) is 0 Å². The lowest BCUT2D eigenvalue weighted by atomic mass is 10.2. The van der Waals surface area contributed by atoms with E-state index >= 15 is 0 Å². The maximum atomic E-state index is 9.97. The summed E-state index contributed by atoms with van der Waals surface area (Å²) in [6.45, 7) is 2.94. The van der Waals surface area contributed by atoms with Gasteiger partial charge in [-0.1, -0.05) is 6.92 Å². The molecule has 2 aromatic heterocycles. The Hall–Kier alpha value is -2.56. The van der Waals surface area contributed by atoms with E-state index in [-0.39, 0.29) is 5.75 Å². The van der Waals surface area contributed by atoms with Gasteiger partial charge in [0.2, 0.25) is 0 Å². The highest BCUT2D eigenvalue weighted by Gasteiger charge is 2.14. The molecule has 0 saturated heterocycles. The van der Waals surface area contributed by atoms with E-state index in [1.165, 1.54) is 7.11 Å². The normalized spacial score (nSPS) is 11.0. The van der Waals surface area contributed by atoms with E-state index in [0.717, 1.165) is 35.5 Å². The number of imidazole rings is 1. The third kappa shape index (κ3) is 2.31. The third-order valence-electron chi connectivity index (χ3n) is 3.39. The maximum Gasteiger partial charge on any atom is 0.160 e. The summed E-state index contributed by atoms with van der Waals surface area (Å²) in [5.74, 6) is 1.37. The quantitative estimate of drug-likeness (QED) is 0.798. The lowest BCUT2D eigenvalue weighted by Crippen LogP contribution is -2.00. The average molecular weight is 283 g/mol. The number of phenols is 1. The van der Waals surface area contributed by atoms with Crippen LogP contribution in [0.25, 0.3) is 22.6 Å². The van der Waals surface area contributed by atoms with Crippen LogP contribution >= 0.6 is 0 Å². The Balaban J connectivity index is 2.19. The van der Waals surface area contributed by atoms with Gasteiger partial charge in [0.1, 0.15) is 11.3 Å². The summed E-state index contributed by atoms with van der Waals surface area (Å²) in [5.41, 5.74) is 2.57. The van der Waals surface area contributed by atoms with Crippen LogP contribution in [-0.4, -0.2) is 26.8 Å². The molecule has 0 saturated carbocycles. The maximum absolute atomic E-state index is 9.97. The van der Waals surface area contributed by atoms with Crippen LogP contribution in [0.1, 0.15) is 13.3 Å². The summed E-state index contributed by atoms with van der Waals surface area (Å²) >= 11 is 0. The molecule has 0 fully saturated rings. The van der Waals surface area contributed by atoms with E-state index in [1.54, 1.807) is 18.3 Å². The number of pyridine rings is 1. The molecule has 1 N–H and O–H groups in total. The van der Waals surface area contributed by atoms with E-state index in [9.17, 15) is 5.11 Å². The molecule has 0 bridgehead atoms. The summed E-state index contributed by atoms with van der Waals surface area (Å²) in [6.07, 6.45) is 2.75. The zero-order chi connectivity index (χ0) is 14.8. The van der Waals surface area contributed by atoms with E-state index in [1.807, 2.05) is 18.2 Å². The number of ether oxygens (including phenoxy) is 1. The Bertz CT molecular complexity index is 780. The Labute approximate surface area is 122 Å². The second kappa shape index (κ2) is 5.44. The Morgan fingerprint density at radius 2 is 2.14 bits per heavy atom. The fourth-order valence-corrected chi connectivity index (χ4v) is 2.44. The van der Waals surface area contributed by atoms with Gasteiger partial charge in [0.15, 0.2) is 17.1 Å². The number of phenolic OH excluding ortho intramolecular Hbond substituents is 1. The Morgan fingerprint density at radius 3 is 2.86 bits per heavy atom. The highest BCUT2D eigenvalue weighted by atomic mass is 16.5. The highest BCUT2D eigenvalue weighted by molar-refractivity contribution is 5.77. The van der Waals surface area contributed by atoms with Gasteiger partial charge in [-0.2, -0.15) is 0 Å². The van der Waals surface area contributed by atoms with Crippen molar-refractivity contribution in [2.45, 2.75) is 19.9 Å². The minimum Gasteiger partial charge on any atom is -0.504 e. The van der Waals surface area contributed by atoms with Gasteiger partial charge in [-0.15, -0.1) is 0 Å². The first-order valence-corrected chi connectivity index (χ1v) is 6.93. The van der Waals surface area contributed by atoms with Crippen molar-refractivity contribution in [3.63, 3.8) is 0 Å². The number of aryl methyl sites for hydroxylation is 1. The molecule has 2 heterocycles. The topological polar surface area (TPSA) is 60.2 Å². The van der Waals surface area contributed by atoms with Crippen molar-refractivity contribution in [2.75, 3.05) is 7.11 Å². The largest absolute Gasteiger partial charge is 0.504 e. The van der Waals surface area contributed by atoms with E-state index in [2.05, 4.69) is 21.5 Å². The molecule has 0 aliphatic carbocycles. The molecule has 3 aromatic rings. The minimum absolute atomic E-state index is 0.109. The van der Waals surface area contributed by atoms with Crippen molar-refractivity contribution in [2.24, 2.45) is 0 Å². The number of rotatable bonds is 4. The lowest BCUT2D eigenvalue weighted by molar-refractivity contribution is 0.373. The fraction of sp³-hybridized carbons (Fsp3) is 0.250. The first-order chi connectivity index (χ1) is 10.2. The minimum atomic E-state index is 0.109. The molecule has 1 aromatic carbocycles. The van der Waals surface area contributed by atoms with Gasteiger partial charge in [-0.05, 0) is 36.8 Å². The van der Waals surface area contributed by atoms with Crippen LogP contribution in [0.2, 0.25) is 0 Å². The number of nitrogens with zero attached hydrogens (tertiary/aromatic N) is 3. The van der Waals surface area contributed by atoms with E-state index < -0.39 is 0 Å². The molecule has 0 atom stereocenters. The van der Waals surface area contributed by atoms with Crippen molar-refractivity contribution in [3.8, 4) is 22.9 Å². The number of hydrogen-bond donors (Lipinski definition) is 1. The molecule has 0 spiro atoms. The smallest absolute Gasteiger partial charge is 0.160 e. The second-order valence-electron chi connectivity index (χ2n) is 4.82. The number of aromatic nitrogens is 3. The van der Waals surface area contributed by atoms with Crippen molar-refractivity contribution < 1.29 is 9.84 Å². The summed E-state index contributed by atoms with van der Waals surface area (Å²) in [7, 11) is 1.53. The summed E-state index contributed by atoms with van der Waals surface area (Å²) in [5, 5.41) is 9.97. The van der Waals surface area contributed by atoms with Gasteiger partial charge >= 0.3 is 0 Å². The molecule has 0 aliphatic rings. The standard InChI is InChI=1S/C16H17N3O2/c1-3-9-19-15(18-12-5-4-8-17-16(12)19)11-6-7-14(21-2)13(20)10-11/h4-8,10,20H,3,9H2,1-2H3. The first-order valence-electron chi connectivity index (χ1n) is 6.93. The van der Waals surface area contributed by atoms with Crippen LogP contribution in [0.3, 0.4) is 0 Å². The summed E-state index contributed by atoms with van der Waals surface area (Å²) in [6, 6.07) is 9.13. The van der Waals surface area contributed by atoms with Crippen LogP contribution in [0, 0.1) is 0 Å². The number of hydrogen-bond acceptors (Lipinski definition) is 4. The average Bonchev–Trinajstić information content (AvgIpc) is 2.87. The molecule has 0 unspecified atom stereocenters. The summed E-state index contributed by atoms with van der Waals surface area (Å²) in [4.78, 5) is 9.06. The number of fused-ring (bicyclic) bond motifs is 1. The van der Waals surface area contributed by atoms with Gasteiger partial charge in [0.25, 0.3) is 0 Å². The van der Waals surface area contributed by atoms with Gasteiger partial charge in [-0.25, -0.2) is 9.97 Å². The Morgan fingerprint density at radius 1 is 1.29 bits per heavy atom. The Kier molecular flexibility index (Phi) is 3.48. The predicted molar refractivity (Wildman–Crippen MR) is 81.5 cm³/mol. The SMILES string of the molecule is CCCn1c(-c2ccc(OC)c(O)c2)nc2cccnc21. The lowest BCUT2D eigenvalue weighted by Gasteiger charge is -2.09. The van der Waals surface area contributed by atoms with Crippen LogP contribution in [0.15, 0.2) is 36.5 Å². The zero-order valence-corrected chi connectivity index (χ0v) is 12.1. The van der Waals surface area contributed by atoms with Crippen molar-refractivity contribution in [1.82, 2.24) is 14.5 Å². The number of methoxy groups -OCH3 is 1. The molecule has 0 amide bonds. The molecular formula is C16H17N3O2. The second-order valence-corrected chi connectivity index (χ2v) is 4.82. The van der Waals surface area contributed by atoms with Gasteiger partial charge < -0.3 is 14.4 Å². The molecule has 0 radical (unpaired) electrons. The molecule has 0 aliphatic heterocycles. The molecular weight excluding hydrogens is 266 g/mol. The number of benzene rings is 1. The van der Waals surface area contributed by atoms with Gasteiger partial charge in [0.05, 0.1) is 7.11 Å². The van der Waals surface area contributed by atoms with Crippen LogP contribution in [-0.2, 0) is 6.54 Å². The van der Waals surface area contributed by atoms with Crippen LogP contribution in [0.5, 0.6) is 11.5 Å². The highest BCUT2D eigenvalue weighted by Crippen LogP contribution is 2.32. The number of aromatic hydroxyl groups is 1. The molecule has 5 nitrogen and oxygen atoms in total. The fourth-order valence-electron chi connectivity index (χ4n) is 2.44. The van der Waals surface area contributed by atoms with Crippen molar-refractivity contribution in [3.05, 3.63) is 36.5 Å². The predicted octanol–water partition coefficient (Wildman–Crippen LogP) is 3.22. The summed E-state index contributed by atoms with van der Waals surface area (Å²) < 4.78 is 7.16. The van der Waals surface area contributed by atoms with E-state index in [0.29, 0.717) is 5.75 Å². The van der Waals surface area contributed by atoms with Crippen LogP contribution < -0.4 is 4.74 Å². The third-order valence-corrected chi connectivity index (χ3v) is 3.39. The van der Waals surface area contributed by atoms with Crippen molar-refractivity contribution in [1.29, 1.82) is 0 Å². The molecule has 21 heavy (non-hydrogen) atoms. The zero-order valence-electron chi connectivity index (χ0n) is 12.1. The molecule has 3 rings (SSSR count). The monoisotopic (exact) mass is 283 g/mol. The van der Waals surface area contributed by atoms with E-state index in [4.69, 9.17) is 4.74 Å².